The molecule has 0 radical (unpaired) electrons. The summed E-state index contributed by atoms with van der Waals surface area (Å²) in [6.07, 6.45) is 4.64. The van der Waals surface area contributed by atoms with Gasteiger partial charge in [-0.15, -0.1) is 0 Å². The van der Waals surface area contributed by atoms with Gasteiger partial charge in [-0.05, 0) is 105 Å². The summed E-state index contributed by atoms with van der Waals surface area (Å²) in [5.41, 5.74) is 2.12. The maximum absolute atomic E-state index is 13.2. The summed E-state index contributed by atoms with van der Waals surface area (Å²) in [5, 5.41) is 20.6. The molecule has 2 N–H and O–H groups in total. The first-order valence-electron chi connectivity index (χ1n) is 13.6. The van der Waals surface area contributed by atoms with E-state index in [1.807, 2.05) is 0 Å². The topological polar surface area (TPSA) is 117 Å². The van der Waals surface area contributed by atoms with Crippen LogP contribution in [-0.4, -0.2) is 43.0 Å². The third-order valence-electron chi connectivity index (χ3n) is 7.83. The molecule has 2 fully saturated rings. The molecule has 4 aromatic rings. The number of rotatable bonds is 8. The van der Waals surface area contributed by atoms with E-state index in [1.165, 1.54) is 34.8 Å². The third kappa shape index (κ3) is 5.54. The van der Waals surface area contributed by atoms with Gasteiger partial charge in [-0.1, -0.05) is 0 Å². The van der Waals surface area contributed by atoms with E-state index in [9.17, 15) is 27.8 Å². The van der Waals surface area contributed by atoms with Gasteiger partial charge in [0.05, 0.1) is 18.0 Å². The number of hydrogen-bond acceptors (Lipinski definition) is 6. The van der Waals surface area contributed by atoms with Crippen molar-refractivity contribution in [2.24, 2.45) is 0 Å². The van der Waals surface area contributed by atoms with Crippen molar-refractivity contribution in [3.05, 3.63) is 77.6 Å². The number of carbonyl (C=O) groups is 1. The van der Waals surface area contributed by atoms with Crippen LogP contribution in [0.5, 0.6) is 11.5 Å². The lowest BCUT2D eigenvalue weighted by molar-refractivity contribution is 0.0699. The van der Waals surface area contributed by atoms with Crippen molar-refractivity contribution < 1.29 is 37.0 Å². The van der Waals surface area contributed by atoms with E-state index in [1.54, 1.807) is 36.4 Å². The highest BCUT2D eigenvalue weighted by Crippen LogP contribution is 2.49. The number of nitrogens with zero attached hydrogens (tertiary/aromatic N) is 1. The number of benzene rings is 3. The van der Waals surface area contributed by atoms with E-state index in [0.717, 1.165) is 18.4 Å². The first-order chi connectivity index (χ1) is 19.6. The summed E-state index contributed by atoms with van der Waals surface area (Å²) in [5.74, 6) is -0.294. The van der Waals surface area contributed by atoms with E-state index >= 15 is 0 Å². The second kappa shape index (κ2) is 10.5. The highest BCUT2D eigenvalue weighted by molar-refractivity contribution is 7.92. The number of anilines is 1. The van der Waals surface area contributed by atoms with Crippen molar-refractivity contribution in [2.75, 3.05) is 10.6 Å². The van der Waals surface area contributed by atoms with Crippen molar-refractivity contribution in [3.8, 4) is 22.8 Å². The molecule has 0 spiro atoms. The number of aliphatic hydroxyl groups excluding tert-OH is 1. The molecule has 41 heavy (non-hydrogen) atoms. The standard InChI is InChI=1S/C31H30FNO7S/c1-41(37,38)33(21-8-10-22(34)11-9-21)27-17-28-26(16-25(27)18-2-3-18)29(31(35)36)30(40-28)19-4-12-23(13-5-19)39-24-14-6-20(32)7-15-24/h4-7,12-18,21-22,34H,2-3,8-11H2,1H3,(H,35,36). The molecule has 2 aliphatic carbocycles. The van der Waals surface area contributed by atoms with E-state index in [0.29, 0.717) is 53.8 Å². The van der Waals surface area contributed by atoms with Crippen molar-refractivity contribution in [2.45, 2.75) is 56.6 Å². The molecule has 2 aliphatic rings. The van der Waals surface area contributed by atoms with E-state index in [-0.39, 0.29) is 34.7 Å². The maximum Gasteiger partial charge on any atom is 0.340 e. The number of furan rings is 1. The number of aromatic carboxylic acids is 1. The molecular weight excluding hydrogens is 549 g/mol. The molecule has 0 amide bonds. The summed E-state index contributed by atoms with van der Waals surface area (Å²) < 4.78 is 52.8. The number of fused-ring (bicyclic) bond motifs is 1. The predicted octanol–water partition coefficient (Wildman–Crippen LogP) is 6.68. The van der Waals surface area contributed by atoms with Gasteiger partial charge in [-0.3, -0.25) is 4.31 Å². The number of sulfonamides is 1. The molecule has 10 heteroatoms. The van der Waals surface area contributed by atoms with Gasteiger partial charge in [0.2, 0.25) is 10.0 Å². The predicted molar refractivity (Wildman–Crippen MR) is 153 cm³/mol. The minimum absolute atomic E-state index is 0.00680. The number of halogens is 1. The SMILES string of the molecule is CS(=O)(=O)N(c1cc2oc(-c3ccc(Oc4ccc(F)cc4)cc3)c(C(=O)O)c2cc1C1CC1)C1CCC(O)CC1. The van der Waals surface area contributed by atoms with Crippen molar-refractivity contribution >= 4 is 32.6 Å². The second-order valence-corrected chi connectivity index (χ2v) is 12.8. The monoisotopic (exact) mass is 579 g/mol. The first-order valence-corrected chi connectivity index (χ1v) is 15.5. The van der Waals surface area contributed by atoms with E-state index in [4.69, 9.17) is 9.15 Å². The zero-order valence-corrected chi connectivity index (χ0v) is 23.2. The van der Waals surface area contributed by atoms with Crippen LogP contribution < -0.4 is 9.04 Å². The molecule has 0 aliphatic heterocycles. The lowest BCUT2D eigenvalue weighted by Crippen LogP contribution is -2.43. The van der Waals surface area contributed by atoms with Gasteiger partial charge in [0.1, 0.15) is 34.2 Å². The fourth-order valence-corrected chi connectivity index (χ4v) is 7.00. The molecule has 0 bridgehead atoms. The Labute approximate surface area is 237 Å². The van der Waals surface area contributed by atoms with Crippen LogP contribution in [0.4, 0.5) is 10.1 Å². The summed E-state index contributed by atoms with van der Waals surface area (Å²) in [7, 11) is -3.68. The Bertz CT molecular complexity index is 1700. The molecule has 0 saturated heterocycles. The van der Waals surface area contributed by atoms with Crippen LogP contribution in [0.2, 0.25) is 0 Å². The van der Waals surface area contributed by atoms with Crippen LogP contribution in [-0.2, 0) is 10.0 Å². The summed E-state index contributed by atoms with van der Waals surface area (Å²) >= 11 is 0. The van der Waals surface area contributed by atoms with Gasteiger partial charge in [-0.25, -0.2) is 17.6 Å². The molecule has 3 aromatic carbocycles. The fraction of sp³-hybridized carbons (Fsp3) is 0.323. The number of hydrogen-bond donors (Lipinski definition) is 2. The number of carboxylic acids is 1. The smallest absolute Gasteiger partial charge is 0.340 e. The van der Waals surface area contributed by atoms with Crippen molar-refractivity contribution in [1.82, 2.24) is 0 Å². The molecule has 1 heterocycles. The van der Waals surface area contributed by atoms with Crippen LogP contribution in [0.15, 0.2) is 65.1 Å². The number of aliphatic hydroxyl groups is 1. The molecule has 0 unspecified atom stereocenters. The highest BCUT2D eigenvalue weighted by atomic mass is 32.2. The van der Waals surface area contributed by atoms with E-state index < -0.39 is 22.1 Å². The Kier molecular flexibility index (Phi) is 6.99. The Hall–Kier alpha value is -3.89. The quantitative estimate of drug-likeness (QED) is 0.239. The lowest BCUT2D eigenvalue weighted by Gasteiger charge is -2.36. The van der Waals surface area contributed by atoms with Crippen LogP contribution in [0.25, 0.3) is 22.3 Å². The molecule has 8 nitrogen and oxygen atoms in total. The Morgan fingerprint density at radius 2 is 1.56 bits per heavy atom. The summed E-state index contributed by atoms with van der Waals surface area (Å²) in [6, 6.07) is 15.5. The maximum atomic E-state index is 13.2. The fourth-order valence-electron chi connectivity index (χ4n) is 5.73. The number of carboxylic acid groups (broad SMARTS) is 1. The van der Waals surface area contributed by atoms with Gasteiger partial charge < -0.3 is 19.4 Å². The molecule has 1 aromatic heterocycles. The largest absolute Gasteiger partial charge is 0.478 e. The third-order valence-corrected chi connectivity index (χ3v) is 9.04. The van der Waals surface area contributed by atoms with Gasteiger partial charge in [0.25, 0.3) is 0 Å². The van der Waals surface area contributed by atoms with Crippen LogP contribution >= 0.6 is 0 Å². The molecule has 6 rings (SSSR count). The summed E-state index contributed by atoms with van der Waals surface area (Å²) in [4.78, 5) is 12.5. The van der Waals surface area contributed by atoms with Crippen LogP contribution in [0.3, 0.4) is 0 Å². The normalized spacial score (nSPS) is 19.3. The molecule has 214 valence electrons. The summed E-state index contributed by atoms with van der Waals surface area (Å²) in [6.45, 7) is 0. The minimum Gasteiger partial charge on any atom is -0.478 e. The lowest BCUT2D eigenvalue weighted by atomic mass is 9.92. The molecule has 2 saturated carbocycles. The van der Waals surface area contributed by atoms with Crippen LogP contribution in [0, 0.1) is 5.82 Å². The molecule has 0 atom stereocenters. The highest BCUT2D eigenvalue weighted by Gasteiger charge is 2.37. The number of ether oxygens (including phenoxy) is 1. The van der Waals surface area contributed by atoms with E-state index in [2.05, 4.69) is 0 Å². The van der Waals surface area contributed by atoms with Gasteiger partial charge in [-0.2, -0.15) is 0 Å². The Balaban J connectivity index is 1.42. The minimum atomic E-state index is -3.68. The Morgan fingerprint density at radius 3 is 2.12 bits per heavy atom. The second-order valence-electron chi connectivity index (χ2n) is 10.9. The van der Waals surface area contributed by atoms with Gasteiger partial charge >= 0.3 is 5.97 Å². The van der Waals surface area contributed by atoms with Gasteiger partial charge in [0, 0.05) is 23.1 Å². The Morgan fingerprint density at radius 1 is 0.951 bits per heavy atom. The average Bonchev–Trinajstić information content (AvgIpc) is 3.70. The van der Waals surface area contributed by atoms with Gasteiger partial charge in [0.15, 0.2) is 0 Å². The van der Waals surface area contributed by atoms with Crippen molar-refractivity contribution in [3.63, 3.8) is 0 Å². The average molecular weight is 580 g/mol. The zero-order valence-electron chi connectivity index (χ0n) is 22.4. The van der Waals surface area contributed by atoms with Crippen molar-refractivity contribution in [1.29, 1.82) is 0 Å². The van der Waals surface area contributed by atoms with Crippen LogP contribution in [0.1, 0.15) is 60.4 Å². The zero-order chi connectivity index (χ0) is 28.9. The molecular formula is C31H30FNO7S. The first kappa shape index (κ1) is 27.3.